The maximum Gasteiger partial charge on any atom is 0.191 e. The normalized spacial score (nSPS) is 22.3. The molecule has 0 saturated carbocycles. The Bertz CT molecular complexity index is 641. The first-order valence-corrected chi connectivity index (χ1v) is 10.2. The first kappa shape index (κ1) is 23.2. The van der Waals surface area contributed by atoms with Crippen LogP contribution in [0.4, 0.5) is 0 Å². The number of hydrogen-bond donors (Lipinski definition) is 2. The molecule has 158 valence electrons. The number of morpholine rings is 1. The minimum atomic E-state index is 0. The van der Waals surface area contributed by atoms with Crippen LogP contribution < -0.4 is 15.4 Å². The number of benzene rings is 1. The van der Waals surface area contributed by atoms with Crippen LogP contribution in [0.15, 0.2) is 23.2 Å². The van der Waals surface area contributed by atoms with Crippen molar-refractivity contribution in [3.63, 3.8) is 0 Å². The van der Waals surface area contributed by atoms with Gasteiger partial charge in [-0.1, -0.05) is 12.1 Å². The van der Waals surface area contributed by atoms with E-state index in [9.17, 15) is 0 Å². The Morgan fingerprint density at radius 2 is 2.21 bits per heavy atom. The maximum atomic E-state index is 6.01. The first-order chi connectivity index (χ1) is 13.2. The second kappa shape index (κ2) is 11.8. The summed E-state index contributed by atoms with van der Waals surface area (Å²) >= 11 is 0. The Morgan fingerprint density at radius 3 is 3.00 bits per heavy atom. The predicted octanol–water partition coefficient (Wildman–Crippen LogP) is 2.58. The quantitative estimate of drug-likeness (QED) is 0.341. The molecule has 2 fully saturated rings. The number of hydrogen-bond acceptors (Lipinski definition) is 4. The van der Waals surface area contributed by atoms with E-state index in [0.717, 1.165) is 49.9 Å². The Labute approximate surface area is 186 Å². The van der Waals surface area contributed by atoms with Gasteiger partial charge in [0.2, 0.25) is 0 Å². The molecule has 0 bridgehead atoms. The number of methoxy groups -OCH3 is 1. The SMILES string of the molecule is CCNC(=NCC1CN2CCCC2CO1)NCCc1ccc(C)c(OC)c1.I. The van der Waals surface area contributed by atoms with E-state index >= 15 is 0 Å². The largest absolute Gasteiger partial charge is 0.496 e. The molecule has 2 aliphatic rings. The molecule has 2 unspecified atom stereocenters. The number of aliphatic imine (C=N–C) groups is 1. The van der Waals surface area contributed by atoms with Gasteiger partial charge in [-0.25, -0.2) is 0 Å². The van der Waals surface area contributed by atoms with Crippen molar-refractivity contribution in [1.82, 2.24) is 15.5 Å². The van der Waals surface area contributed by atoms with E-state index in [1.165, 1.54) is 24.9 Å². The zero-order valence-electron chi connectivity index (χ0n) is 17.4. The molecule has 2 saturated heterocycles. The smallest absolute Gasteiger partial charge is 0.191 e. The van der Waals surface area contributed by atoms with Crippen molar-refractivity contribution >= 4 is 29.9 Å². The summed E-state index contributed by atoms with van der Waals surface area (Å²) in [6, 6.07) is 7.03. The Hall–Kier alpha value is -1.06. The van der Waals surface area contributed by atoms with Gasteiger partial charge in [-0.15, -0.1) is 24.0 Å². The molecule has 0 radical (unpaired) electrons. The summed E-state index contributed by atoms with van der Waals surface area (Å²) < 4.78 is 11.4. The van der Waals surface area contributed by atoms with Gasteiger partial charge in [-0.2, -0.15) is 0 Å². The van der Waals surface area contributed by atoms with Crippen LogP contribution in [-0.4, -0.2) is 69.4 Å². The summed E-state index contributed by atoms with van der Waals surface area (Å²) in [5.41, 5.74) is 2.42. The van der Waals surface area contributed by atoms with Crippen LogP contribution in [0.1, 0.15) is 30.9 Å². The standard InChI is InChI=1S/C21H34N4O2.HI/c1-4-22-21(23-10-9-17-8-7-16(2)20(12-17)26-3)24-13-19-14-25-11-5-6-18(25)15-27-19;/h7-8,12,18-19H,4-6,9-11,13-15H2,1-3H3,(H2,22,23,24);1H. The molecule has 3 rings (SSSR count). The molecule has 0 spiro atoms. The molecule has 6 nitrogen and oxygen atoms in total. The van der Waals surface area contributed by atoms with Crippen LogP contribution in [0.2, 0.25) is 0 Å². The fourth-order valence-corrected chi connectivity index (χ4v) is 3.88. The zero-order chi connectivity index (χ0) is 19.1. The molecule has 2 atom stereocenters. The Kier molecular flexibility index (Phi) is 9.81. The second-order valence-corrected chi connectivity index (χ2v) is 7.45. The average molecular weight is 502 g/mol. The number of aryl methyl sites for hydroxylation is 1. The monoisotopic (exact) mass is 502 g/mol. The lowest BCUT2D eigenvalue weighted by molar-refractivity contribution is -0.0432. The highest BCUT2D eigenvalue weighted by Crippen LogP contribution is 2.22. The molecule has 2 heterocycles. The summed E-state index contributed by atoms with van der Waals surface area (Å²) in [5, 5.41) is 6.77. The molecular weight excluding hydrogens is 467 g/mol. The van der Waals surface area contributed by atoms with Gasteiger partial charge in [0.1, 0.15) is 5.75 Å². The van der Waals surface area contributed by atoms with Crippen molar-refractivity contribution < 1.29 is 9.47 Å². The van der Waals surface area contributed by atoms with E-state index in [0.29, 0.717) is 12.6 Å². The van der Waals surface area contributed by atoms with Gasteiger partial charge >= 0.3 is 0 Å². The molecule has 1 aromatic carbocycles. The minimum Gasteiger partial charge on any atom is -0.496 e. The van der Waals surface area contributed by atoms with Gasteiger partial charge in [-0.05, 0) is 56.8 Å². The maximum absolute atomic E-state index is 6.01. The van der Waals surface area contributed by atoms with E-state index in [1.807, 2.05) is 0 Å². The van der Waals surface area contributed by atoms with Crippen molar-refractivity contribution in [3.8, 4) is 5.75 Å². The van der Waals surface area contributed by atoms with Gasteiger partial charge < -0.3 is 20.1 Å². The van der Waals surface area contributed by atoms with Gasteiger partial charge in [0, 0.05) is 25.7 Å². The summed E-state index contributed by atoms with van der Waals surface area (Å²) in [4.78, 5) is 7.31. The van der Waals surface area contributed by atoms with Crippen LogP contribution in [0.3, 0.4) is 0 Å². The van der Waals surface area contributed by atoms with E-state index < -0.39 is 0 Å². The highest BCUT2D eigenvalue weighted by atomic mass is 127. The zero-order valence-corrected chi connectivity index (χ0v) is 19.7. The van der Waals surface area contributed by atoms with Gasteiger partial charge in [0.25, 0.3) is 0 Å². The molecular formula is C21H35IN4O2. The third kappa shape index (κ3) is 6.49. The summed E-state index contributed by atoms with van der Waals surface area (Å²) in [6.45, 7) is 9.63. The van der Waals surface area contributed by atoms with Crippen molar-refractivity contribution in [2.24, 2.45) is 4.99 Å². The van der Waals surface area contributed by atoms with Crippen molar-refractivity contribution in [1.29, 1.82) is 0 Å². The van der Waals surface area contributed by atoms with E-state index in [4.69, 9.17) is 14.5 Å². The number of halogens is 1. The third-order valence-corrected chi connectivity index (χ3v) is 5.44. The highest BCUT2D eigenvalue weighted by molar-refractivity contribution is 14.0. The van der Waals surface area contributed by atoms with Crippen LogP contribution >= 0.6 is 24.0 Å². The number of nitrogens with zero attached hydrogens (tertiary/aromatic N) is 2. The van der Waals surface area contributed by atoms with Crippen molar-refractivity contribution in [2.45, 2.75) is 45.3 Å². The molecule has 2 N–H and O–H groups in total. The fraction of sp³-hybridized carbons (Fsp3) is 0.667. The molecule has 0 aromatic heterocycles. The van der Waals surface area contributed by atoms with Crippen LogP contribution in [0.25, 0.3) is 0 Å². The topological polar surface area (TPSA) is 58.1 Å². The second-order valence-electron chi connectivity index (χ2n) is 7.45. The van der Waals surface area contributed by atoms with Gasteiger partial charge in [0.15, 0.2) is 5.96 Å². The predicted molar refractivity (Wildman–Crippen MR) is 125 cm³/mol. The van der Waals surface area contributed by atoms with E-state index in [-0.39, 0.29) is 30.1 Å². The third-order valence-electron chi connectivity index (χ3n) is 5.44. The Morgan fingerprint density at radius 1 is 1.36 bits per heavy atom. The number of ether oxygens (including phenoxy) is 2. The Balaban J connectivity index is 0.00000280. The summed E-state index contributed by atoms with van der Waals surface area (Å²) in [7, 11) is 1.72. The number of rotatable bonds is 7. The van der Waals surface area contributed by atoms with Crippen molar-refractivity contribution in [3.05, 3.63) is 29.3 Å². The molecule has 2 aliphatic heterocycles. The molecule has 0 amide bonds. The average Bonchev–Trinajstić information content (AvgIpc) is 3.15. The number of guanidine groups is 1. The van der Waals surface area contributed by atoms with Gasteiger partial charge in [0.05, 0.1) is 26.4 Å². The van der Waals surface area contributed by atoms with Crippen LogP contribution in [0, 0.1) is 6.92 Å². The molecule has 7 heteroatoms. The lowest BCUT2D eigenvalue weighted by Gasteiger charge is -2.34. The van der Waals surface area contributed by atoms with Gasteiger partial charge in [-0.3, -0.25) is 9.89 Å². The first-order valence-electron chi connectivity index (χ1n) is 10.2. The summed E-state index contributed by atoms with van der Waals surface area (Å²) in [6.07, 6.45) is 3.72. The highest BCUT2D eigenvalue weighted by Gasteiger charge is 2.31. The van der Waals surface area contributed by atoms with Crippen LogP contribution in [-0.2, 0) is 11.2 Å². The lowest BCUT2D eigenvalue weighted by Crippen LogP contribution is -2.47. The summed E-state index contributed by atoms with van der Waals surface area (Å²) in [5.74, 6) is 1.81. The molecule has 28 heavy (non-hydrogen) atoms. The molecule has 0 aliphatic carbocycles. The lowest BCUT2D eigenvalue weighted by atomic mass is 10.1. The van der Waals surface area contributed by atoms with Crippen molar-refractivity contribution in [2.75, 3.05) is 46.4 Å². The van der Waals surface area contributed by atoms with E-state index in [1.54, 1.807) is 7.11 Å². The number of fused-ring (bicyclic) bond motifs is 1. The minimum absolute atomic E-state index is 0. The number of nitrogens with one attached hydrogen (secondary N) is 2. The van der Waals surface area contributed by atoms with Crippen LogP contribution in [0.5, 0.6) is 5.75 Å². The fourth-order valence-electron chi connectivity index (χ4n) is 3.88. The molecule has 1 aromatic rings. The van der Waals surface area contributed by atoms with E-state index in [2.05, 4.69) is 47.6 Å².